The fourth-order valence-electron chi connectivity index (χ4n) is 2.67. The molecule has 2 rings (SSSR count). The van der Waals surface area contributed by atoms with Crippen LogP contribution >= 0.6 is 0 Å². The van der Waals surface area contributed by atoms with Crippen molar-refractivity contribution >= 4 is 11.7 Å². The Balaban J connectivity index is 2.39. The van der Waals surface area contributed by atoms with E-state index in [-0.39, 0.29) is 18.7 Å². The number of hydrogen-bond donors (Lipinski definition) is 2. The van der Waals surface area contributed by atoms with Crippen molar-refractivity contribution in [2.24, 2.45) is 11.1 Å². The molecule has 0 amide bonds. The van der Waals surface area contributed by atoms with Crippen LogP contribution in [0.15, 0.2) is 18.2 Å². The Morgan fingerprint density at radius 2 is 2.22 bits per heavy atom. The van der Waals surface area contributed by atoms with Crippen molar-refractivity contribution in [2.45, 2.75) is 19.3 Å². The average molecular weight is 250 g/mol. The predicted octanol–water partition coefficient (Wildman–Crippen LogP) is 1.11. The SMILES string of the molecule is NCC1(CC(=O)O)Cc2cccc([N+](=O)[O-])c2C1. The van der Waals surface area contributed by atoms with E-state index in [1.54, 1.807) is 6.07 Å². The number of hydrogen-bond acceptors (Lipinski definition) is 4. The van der Waals surface area contributed by atoms with Crippen LogP contribution in [0, 0.1) is 15.5 Å². The molecular formula is C12H14N2O4. The first kappa shape index (κ1) is 12.5. The van der Waals surface area contributed by atoms with E-state index in [1.165, 1.54) is 6.07 Å². The van der Waals surface area contributed by atoms with Gasteiger partial charge in [-0.05, 0) is 24.9 Å². The number of carboxylic acid groups (broad SMARTS) is 1. The van der Waals surface area contributed by atoms with Gasteiger partial charge >= 0.3 is 5.97 Å². The Bertz CT molecular complexity index is 515. The summed E-state index contributed by atoms with van der Waals surface area (Å²) in [6, 6.07) is 4.89. The first-order chi connectivity index (χ1) is 8.47. The normalized spacial score (nSPS) is 21.6. The summed E-state index contributed by atoms with van der Waals surface area (Å²) < 4.78 is 0. The lowest BCUT2D eigenvalue weighted by atomic mass is 9.81. The molecule has 1 aliphatic rings. The molecule has 0 heterocycles. The van der Waals surface area contributed by atoms with Crippen LogP contribution in [0.1, 0.15) is 17.5 Å². The molecular weight excluding hydrogens is 236 g/mol. The summed E-state index contributed by atoms with van der Waals surface area (Å²) in [7, 11) is 0. The van der Waals surface area contributed by atoms with Gasteiger partial charge in [0.05, 0.1) is 11.3 Å². The van der Waals surface area contributed by atoms with Crippen molar-refractivity contribution in [3.8, 4) is 0 Å². The number of nitrogens with two attached hydrogens (primary N) is 1. The zero-order valence-corrected chi connectivity index (χ0v) is 9.76. The largest absolute Gasteiger partial charge is 0.481 e. The minimum atomic E-state index is -0.920. The number of nitro benzene ring substituents is 1. The topological polar surface area (TPSA) is 106 Å². The van der Waals surface area contributed by atoms with Crippen molar-refractivity contribution in [3.05, 3.63) is 39.4 Å². The Kier molecular flexibility index (Phi) is 3.04. The molecule has 18 heavy (non-hydrogen) atoms. The molecule has 1 unspecified atom stereocenters. The van der Waals surface area contributed by atoms with Crippen molar-refractivity contribution in [1.82, 2.24) is 0 Å². The van der Waals surface area contributed by atoms with Gasteiger partial charge in [-0.2, -0.15) is 0 Å². The van der Waals surface area contributed by atoms with Crippen LogP contribution in [-0.4, -0.2) is 22.5 Å². The number of carboxylic acids is 1. The molecule has 0 saturated heterocycles. The number of rotatable bonds is 4. The third kappa shape index (κ3) is 2.06. The van der Waals surface area contributed by atoms with Crippen molar-refractivity contribution in [3.63, 3.8) is 0 Å². The first-order valence-electron chi connectivity index (χ1n) is 5.64. The Morgan fingerprint density at radius 1 is 1.50 bits per heavy atom. The quantitative estimate of drug-likeness (QED) is 0.615. The van der Waals surface area contributed by atoms with Gasteiger partial charge in [0.2, 0.25) is 0 Å². The standard InChI is InChI=1S/C12H14N2O4/c13-7-12(6-11(15)16)4-8-2-1-3-10(14(17)18)9(8)5-12/h1-3H,4-7,13H2,(H,15,16). The maximum atomic E-state index is 10.9. The molecule has 0 aliphatic heterocycles. The number of nitro groups is 1. The van der Waals surface area contributed by atoms with Crippen LogP contribution in [0.4, 0.5) is 5.69 Å². The molecule has 0 aromatic heterocycles. The maximum absolute atomic E-state index is 10.9. The van der Waals surface area contributed by atoms with Crippen molar-refractivity contribution < 1.29 is 14.8 Å². The van der Waals surface area contributed by atoms with Gasteiger partial charge in [-0.3, -0.25) is 14.9 Å². The van der Waals surface area contributed by atoms with Gasteiger partial charge < -0.3 is 10.8 Å². The molecule has 0 saturated carbocycles. The van der Waals surface area contributed by atoms with Crippen LogP contribution < -0.4 is 5.73 Å². The zero-order valence-electron chi connectivity index (χ0n) is 9.76. The van der Waals surface area contributed by atoms with Crippen LogP contribution in [0.3, 0.4) is 0 Å². The van der Waals surface area contributed by atoms with E-state index in [4.69, 9.17) is 10.8 Å². The van der Waals surface area contributed by atoms with Gasteiger partial charge in [0.15, 0.2) is 0 Å². The predicted molar refractivity (Wildman–Crippen MR) is 64.2 cm³/mol. The van der Waals surface area contributed by atoms with Crippen LogP contribution in [-0.2, 0) is 17.6 Å². The molecule has 6 nitrogen and oxygen atoms in total. The second-order valence-electron chi connectivity index (χ2n) is 4.80. The molecule has 3 N–H and O–H groups in total. The number of nitrogens with zero attached hydrogens (tertiary/aromatic N) is 1. The third-order valence-corrected chi connectivity index (χ3v) is 3.52. The highest BCUT2D eigenvalue weighted by atomic mass is 16.6. The summed E-state index contributed by atoms with van der Waals surface area (Å²) >= 11 is 0. The van der Waals surface area contributed by atoms with Gasteiger partial charge in [0.1, 0.15) is 0 Å². The highest BCUT2D eigenvalue weighted by Crippen LogP contribution is 2.42. The van der Waals surface area contributed by atoms with Gasteiger partial charge in [0, 0.05) is 17.0 Å². The lowest BCUT2D eigenvalue weighted by Gasteiger charge is -2.24. The monoisotopic (exact) mass is 250 g/mol. The summed E-state index contributed by atoms with van der Waals surface area (Å²) in [6.45, 7) is 0.213. The molecule has 0 radical (unpaired) electrons. The number of aliphatic carboxylic acids is 1. The van der Waals surface area contributed by atoms with Crippen molar-refractivity contribution in [2.75, 3.05) is 6.54 Å². The Morgan fingerprint density at radius 3 is 2.78 bits per heavy atom. The van der Waals surface area contributed by atoms with Gasteiger partial charge in [-0.25, -0.2) is 0 Å². The first-order valence-corrected chi connectivity index (χ1v) is 5.64. The lowest BCUT2D eigenvalue weighted by Crippen LogP contribution is -2.33. The van der Waals surface area contributed by atoms with Gasteiger partial charge in [-0.15, -0.1) is 0 Å². The molecule has 6 heteroatoms. The highest BCUT2D eigenvalue weighted by molar-refractivity contribution is 5.68. The molecule has 96 valence electrons. The van der Waals surface area contributed by atoms with Crippen molar-refractivity contribution in [1.29, 1.82) is 0 Å². The molecule has 1 aromatic rings. The average Bonchev–Trinajstić information content (AvgIpc) is 2.65. The van der Waals surface area contributed by atoms with E-state index in [9.17, 15) is 14.9 Å². The Labute approximate surface area is 104 Å². The second kappa shape index (κ2) is 4.38. The molecule has 0 spiro atoms. The summed E-state index contributed by atoms with van der Waals surface area (Å²) in [5.41, 5.74) is 6.65. The molecule has 1 aliphatic carbocycles. The summed E-state index contributed by atoms with van der Waals surface area (Å²) in [6.07, 6.45) is 0.796. The molecule has 0 fully saturated rings. The van der Waals surface area contributed by atoms with E-state index in [2.05, 4.69) is 0 Å². The van der Waals surface area contributed by atoms with E-state index >= 15 is 0 Å². The van der Waals surface area contributed by atoms with E-state index < -0.39 is 16.3 Å². The van der Waals surface area contributed by atoms with Crippen LogP contribution in [0.5, 0.6) is 0 Å². The van der Waals surface area contributed by atoms with Crippen LogP contribution in [0.2, 0.25) is 0 Å². The smallest absolute Gasteiger partial charge is 0.303 e. The van der Waals surface area contributed by atoms with E-state index in [0.29, 0.717) is 18.4 Å². The molecule has 1 aromatic carbocycles. The second-order valence-corrected chi connectivity index (χ2v) is 4.80. The molecule has 1 atom stereocenters. The number of fused-ring (bicyclic) bond motifs is 1. The fraction of sp³-hybridized carbons (Fsp3) is 0.417. The number of benzene rings is 1. The van der Waals surface area contributed by atoms with Gasteiger partial charge in [0.25, 0.3) is 5.69 Å². The summed E-state index contributed by atoms with van der Waals surface area (Å²) in [5.74, 6) is -0.920. The maximum Gasteiger partial charge on any atom is 0.303 e. The lowest BCUT2D eigenvalue weighted by molar-refractivity contribution is -0.385. The van der Waals surface area contributed by atoms with Gasteiger partial charge in [-0.1, -0.05) is 12.1 Å². The number of carbonyl (C=O) groups is 1. The highest BCUT2D eigenvalue weighted by Gasteiger charge is 2.41. The minimum absolute atomic E-state index is 0.0602. The Hall–Kier alpha value is -1.95. The van der Waals surface area contributed by atoms with E-state index in [1.807, 2.05) is 6.07 Å². The zero-order chi connectivity index (χ0) is 13.3. The third-order valence-electron chi connectivity index (χ3n) is 3.52. The molecule has 0 bridgehead atoms. The fourth-order valence-corrected chi connectivity index (χ4v) is 2.67. The van der Waals surface area contributed by atoms with E-state index in [0.717, 1.165) is 5.56 Å². The minimum Gasteiger partial charge on any atom is -0.481 e. The summed E-state index contributed by atoms with van der Waals surface area (Å²) in [5, 5.41) is 19.9. The van der Waals surface area contributed by atoms with Crippen LogP contribution in [0.25, 0.3) is 0 Å². The summed E-state index contributed by atoms with van der Waals surface area (Å²) in [4.78, 5) is 21.4.